The van der Waals surface area contributed by atoms with Crippen molar-refractivity contribution in [2.24, 2.45) is 5.92 Å². The van der Waals surface area contributed by atoms with Gasteiger partial charge in [-0.3, -0.25) is 0 Å². The molecule has 1 aromatic rings. The van der Waals surface area contributed by atoms with Crippen molar-refractivity contribution in [3.8, 4) is 0 Å². The minimum absolute atomic E-state index is 0.170. The van der Waals surface area contributed by atoms with Crippen LogP contribution >= 0.6 is 15.9 Å². The molecule has 0 heterocycles. The van der Waals surface area contributed by atoms with Gasteiger partial charge in [0.05, 0.1) is 6.61 Å². The number of nitrogens with one attached hydrogen (secondary N) is 1. The second kappa shape index (κ2) is 8.67. The van der Waals surface area contributed by atoms with Gasteiger partial charge in [-0.1, -0.05) is 35.8 Å². The molecule has 0 bridgehead atoms. The van der Waals surface area contributed by atoms with Gasteiger partial charge in [0, 0.05) is 23.7 Å². The summed E-state index contributed by atoms with van der Waals surface area (Å²) in [6.07, 6.45) is 1.10. The van der Waals surface area contributed by atoms with Crippen molar-refractivity contribution >= 4 is 15.9 Å². The summed E-state index contributed by atoms with van der Waals surface area (Å²) < 4.78 is 19.3. The van der Waals surface area contributed by atoms with E-state index in [0.29, 0.717) is 12.5 Å². The van der Waals surface area contributed by atoms with E-state index in [0.717, 1.165) is 29.6 Å². The molecule has 2 nitrogen and oxygen atoms in total. The minimum atomic E-state index is -0.222. The Kier molecular flexibility index (Phi) is 7.57. The van der Waals surface area contributed by atoms with Crippen LogP contribution in [0.4, 0.5) is 4.39 Å². The van der Waals surface area contributed by atoms with Crippen molar-refractivity contribution in [2.75, 3.05) is 19.8 Å². The first-order chi connectivity index (χ1) is 9.00. The van der Waals surface area contributed by atoms with Crippen LogP contribution in [0.25, 0.3) is 0 Å². The maximum atomic E-state index is 13.0. The van der Waals surface area contributed by atoms with E-state index in [4.69, 9.17) is 4.74 Å². The summed E-state index contributed by atoms with van der Waals surface area (Å²) in [7, 11) is 0. The van der Waals surface area contributed by atoms with Gasteiger partial charge in [-0.2, -0.15) is 0 Å². The number of rotatable bonds is 8. The number of hydrogen-bond donors (Lipinski definition) is 1. The van der Waals surface area contributed by atoms with E-state index in [2.05, 4.69) is 42.0 Å². The summed E-state index contributed by atoms with van der Waals surface area (Å²) in [6.45, 7) is 8.75. The van der Waals surface area contributed by atoms with E-state index in [9.17, 15) is 4.39 Å². The van der Waals surface area contributed by atoms with E-state index in [1.165, 1.54) is 12.1 Å². The first kappa shape index (κ1) is 16.6. The SMILES string of the molecule is CC(C)CCOCCNC(C)c1ccc(F)cc1Br. The first-order valence-corrected chi connectivity index (χ1v) is 7.56. The molecule has 0 spiro atoms. The van der Waals surface area contributed by atoms with Gasteiger partial charge in [-0.15, -0.1) is 0 Å². The van der Waals surface area contributed by atoms with Gasteiger partial charge in [0.25, 0.3) is 0 Å². The van der Waals surface area contributed by atoms with E-state index in [1.54, 1.807) is 6.07 Å². The molecule has 0 aromatic heterocycles. The van der Waals surface area contributed by atoms with Crippen LogP contribution in [0.5, 0.6) is 0 Å². The fourth-order valence-corrected chi connectivity index (χ4v) is 2.43. The van der Waals surface area contributed by atoms with Gasteiger partial charge >= 0.3 is 0 Å². The molecule has 0 aliphatic rings. The summed E-state index contributed by atoms with van der Waals surface area (Å²) in [5.74, 6) is 0.460. The quantitative estimate of drug-likeness (QED) is 0.717. The first-order valence-electron chi connectivity index (χ1n) is 6.76. The Bertz CT molecular complexity index is 384. The largest absolute Gasteiger partial charge is 0.380 e. The maximum absolute atomic E-state index is 13.0. The molecular weight excluding hydrogens is 309 g/mol. The van der Waals surface area contributed by atoms with E-state index >= 15 is 0 Å². The molecule has 108 valence electrons. The van der Waals surface area contributed by atoms with Crippen molar-refractivity contribution in [2.45, 2.75) is 33.2 Å². The van der Waals surface area contributed by atoms with Crippen molar-refractivity contribution in [1.82, 2.24) is 5.32 Å². The Labute approximate surface area is 123 Å². The predicted octanol–water partition coefficient (Wildman–Crippen LogP) is 4.30. The molecule has 0 aliphatic carbocycles. The van der Waals surface area contributed by atoms with Gasteiger partial charge < -0.3 is 10.1 Å². The second-order valence-corrected chi connectivity index (χ2v) is 5.99. The van der Waals surface area contributed by atoms with Crippen LogP contribution in [-0.4, -0.2) is 19.8 Å². The maximum Gasteiger partial charge on any atom is 0.124 e. The molecule has 1 unspecified atom stereocenters. The molecule has 1 rings (SSSR count). The van der Waals surface area contributed by atoms with Crippen LogP contribution in [0.15, 0.2) is 22.7 Å². The van der Waals surface area contributed by atoms with Gasteiger partial charge in [0.2, 0.25) is 0 Å². The van der Waals surface area contributed by atoms with Crippen molar-refractivity contribution < 1.29 is 9.13 Å². The molecule has 1 atom stereocenters. The van der Waals surface area contributed by atoms with Gasteiger partial charge in [-0.05, 0) is 37.0 Å². The normalized spacial score (nSPS) is 12.9. The summed E-state index contributed by atoms with van der Waals surface area (Å²) in [5, 5.41) is 3.37. The van der Waals surface area contributed by atoms with E-state index < -0.39 is 0 Å². The molecule has 0 fully saturated rings. The van der Waals surface area contributed by atoms with Crippen LogP contribution in [0.2, 0.25) is 0 Å². The predicted molar refractivity (Wildman–Crippen MR) is 80.8 cm³/mol. The monoisotopic (exact) mass is 331 g/mol. The molecule has 0 saturated heterocycles. The molecular formula is C15H23BrFNO. The lowest BCUT2D eigenvalue weighted by molar-refractivity contribution is 0.123. The Morgan fingerprint density at radius 2 is 2.00 bits per heavy atom. The van der Waals surface area contributed by atoms with Crippen LogP contribution in [0, 0.1) is 11.7 Å². The highest BCUT2D eigenvalue weighted by molar-refractivity contribution is 9.10. The topological polar surface area (TPSA) is 21.3 Å². The zero-order valence-electron chi connectivity index (χ0n) is 11.9. The van der Waals surface area contributed by atoms with Crippen LogP contribution in [-0.2, 0) is 4.74 Å². The Balaban J connectivity index is 2.25. The van der Waals surface area contributed by atoms with E-state index in [1.807, 2.05) is 0 Å². The number of ether oxygens (including phenoxy) is 1. The Morgan fingerprint density at radius 1 is 1.26 bits per heavy atom. The third kappa shape index (κ3) is 6.50. The lowest BCUT2D eigenvalue weighted by atomic mass is 10.1. The summed E-state index contributed by atoms with van der Waals surface area (Å²) in [6, 6.07) is 4.95. The lowest BCUT2D eigenvalue weighted by Gasteiger charge is -2.16. The average molecular weight is 332 g/mol. The van der Waals surface area contributed by atoms with Gasteiger partial charge in [0.1, 0.15) is 5.82 Å². The highest BCUT2D eigenvalue weighted by atomic mass is 79.9. The lowest BCUT2D eigenvalue weighted by Crippen LogP contribution is -2.23. The molecule has 19 heavy (non-hydrogen) atoms. The van der Waals surface area contributed by atoms with Crippen LogP contribution in [0.3, 0.4) is 0 Å². The summed E-state index contributed by atoms with van der Waals surface area (Å²) in [4.78, 5) is 0. The molecule has 1 aromatic carbocycles. The fourth-order valence-electron chi connectivity index (χ4n) is 1.73. The second-order valence-electron chi connectivity index (χ2n) is 5.14. The van der Waals surface area contributed by atoms with E-state index in [-0.39, 0.29) is 11.9 Å². The van der Waals surface area contributed by atoms with Crippen molar-refractivity contribution in [3.05, 3.63) is 34.1 Å². The highest BCUT2D eigenvalue weighted by Gasteiger charge is 2.09. The number of halogens is 2. The Morgan fingerprint density at radius 3 is 2.63 bits per heavy atom. The molecule has 1 N–H and O–H groups in total. The van der Waals surface area contributed by atoms with Gasteiger partial charge in [0.15, 0.2) is 0 Å². The highest BCUT2D eigenvalue weighted by Crippen LogP contribution is 2.23. The molecule has 0 radical (unpaired) electrons. The summed E-state index contributed by atoms with van der Waals surface area (Å²) >= 11 is 3.39. The van der Waals surface area contributed by atoms with Crippen LogP contribution < -0.4 is 5.32 Å². The minimum Gasteiger partial charge on any atom is -0.380 e. The zero-order chi connectivity index (χ0) is 14.3. The third-order valence-electron chi connectivity index (χ3n) is 2.97. The van der Waals surface area contributed by atoms with Crippen molar-refractivity contribution in [1.29, 1.82) is 0 Å². The molecule has 0 aliphatic heterocycles. The number of hydrogen-bond acceptors (Lipinski definition) is 2. The smallest absolute Gasteiger partial charge is 0.124 e. The molecule has 4 heteroatoms. The third-order valence-corrected chi connectivity index (χ3v) is 3.65. The summed E-state index contributed by atoms with van der Waals surface area (Å²) in [5.41, 5.74) is 1.06. The Hall–Kier alpha value is -0.450. The fraction of sp³-hybridized carbons (Fsp3) is 0.600. The molecule has 0 amide bonds. The average Bonchev–Trinajstić information content (AvgIpc) is 2.32. The number of benzene rings is 1. The standard InChI is InChI=1S/C15H23BrFNO/c1-11(2)6-8-19-9-7-18-12(3)14-5-4-13(17)10-15(14)16/h4-5,10-12,18H,6-9H2,1-3H3. The zero-order valence-corrected chi connectivity index (χ0v) is 13.5. The van der Waals surface area contributed by atoms with Crippen molar-refractivity contribution in [3.63, 3.8) is 0 Å². The molecule has 0 saturated carbocycles. The van der Waals surface area contributed by atoms with Crippen LogP contribution in [0.1, 0.15) is 38.8 Å². The van der Waals surface area contributed by atoms with Gasteiger partial charge in [-0.25, -0.2) is 4.39 Å².